The molecule has 0 aliphatic heterocycles. The Kier molecular flexibility index (Phi) is 6.11. The number of benzene rings is 2. The summed E-state index contributed by atoms with van der Waals surface area (Å²) in [5, 5.41) is 4.96. The minimum absolute atomic E-state index is 0.0969. The minimum atomic E-state index is -3.33. The number of rotatable bonds is 6. The SMILES string of the molecule is CS(=O)(=O)Nc1ccc(-c2csc(NC(=O)Cc3ccc(F)c(Br)c3)n2)cc1. The molecule has 3 aromatic rings. The topological polar surface area (TPSA) is 88.2 Å². The van der Waals surface area contributed by atoms with Gasteiger partial charge in [-0.1, -0.05) is 18.2 Å². The molecule has 10 heteroatoms. The van der Waals surface area contributed by atoms with Gasteiger partial charge in [0.15, 0.2) is 5.13 Å². The summed E-state index contributed by atoms with van der Waals surface area (Å²) in [6.45, 7) is 0. The van der Waals surface area contributed by atoms with E-state index in [1.807, 2.05) is 0 Å². The molecule has 28 heavy (non-hydrogen) atoms. The van der Waals surface area contributed by atoms with Gasteiger partial charge in [0.2, 0.25) is 15.9 Å². The summed E-state index contributed by atoms with van der Waals surface area (Å²) in [6, 6.07) is 11.2. The summed E-state index contributed by atoms with van der Waals surface area (Å²) < 4.78 is 38.5. The normalized spacial score (nSPS) is 11.2. The molecule has 0 aliphatic carbocycles. The lowest BCUT2D eigenvalue weighted by molar-refractivity contribution is -0.115. The lowest BCUT2D eigenvalue weighted by Crippen LogP contribution is -2.14. The lowest BCUT2D eigenvalue weighted by Gasteiger charge is -2.04. The van der Waals surface area contributed by atoms with Crippen LogP contribution in [-0.2, 0) is 21.2 Å². The molecule has 0 aliphatic rings. The molecule has 0 saturated carbocycles. The number of carbonyl (C=O) groups excluding carboxylic acids is 1. The minimum Gasteiger partial charge on any atom is -0.302 e. The Labute approximate surface area is 174 Å². The predicted octanol–water partition coefficient (Wildman–Crippen LogP) is 4.26. The van der Waals surface area contributed by atoms with Crippen molar-refractivity contribution in [3.63, 3.8) is 0 Å². The van der Waals surface area contributed by atoms with Gasteiger partial charge >= 0.3 is 0 Å². The summed E-state index contributed by atoms with van der Waals surface area (Å²) >= 11 is 4.38. The van der Waals surface area contributed by atoms with Crippen LogP contribution in [0, 0.1) is 5.82 Å². The third-order valence-electron chi connectivity index (χ3n) is 3.58. The van der Waals surface area contributed by atoms with Crippen molar-refractivity contribution in [2.75, 3.05) is 16.3 Å². The van der Waals surface area contributed by atoms with Crippen LogP contribution in [0.4, 0.5) is 15.2 Å². The van der Waals surface area contributed by atoms with E-state index in [1.54, 1.807) is 41.8 Å². The molecule has 1 aromatic heterocycles. The number of thiazole rings is 1. The van der Waals surface area contributed by atoms with Gasteiger partial charge in [0, 0.05) is 16.6 Å². The Morgan fingerprint density at radius 3 is 2.57 bits per heavy atom. The second-order valence-electron chi connectivity index (χ2n) is 5.96. The van der Waals surface area contributed by atoms with E-state index in [-0.39, 0.29) is 18.1 Å². The molecule has 0 saturated heterocycles. The van der Waals surface area contributed by atoms with Crippen molar-refractivity contribution in [3.05, 3.63) is 63.7 Å². The Balaban J connectivity index is 1.65. The van der Waals surface area contributed by atoms with Crippen LogP contribution in [0.15, 0.2) is 52.3 Å². The van der Waals surface area contributed by atoms with Gasteiger partial charge in [-0.15, -0.1) is 11.3 Å². The van der Waals surface area contributed by atoms with Crippen molar-refractivity contribution in [1.29, 1.82) is 0 Å². The number of amides is 1. The van der Waals surface area contributed by atoms with Crippen LogP contribution in [0.3, 0.4) is 0 Å². The highest BCUT2D eigenvalue weighted by molar-refractivity contribution is 9.10. The average molecular weight is 484 g/mol. The second kappa shape index (κ2) is 8.38. The van der Waals surface area contributed by atoms with Gasteiger partial charge in [-0.25, -0.2) is 17.8 Å². The summed E-state index contributed by atoms with van der Waals surface area (Å²) in [7, 11) is -3.33. The highest BCUT2D eigenvalue weighted by Gasteiger charge is 2.10. The van der Waals surface area contributed by atoms with E-state index in [1.165, 1.54) is 17.4 Å². The predicted molar refractivity (Wildman–Crippen MR) is 112 cm³/mol. The fourth-order valence-corrected chi connectivity index (χ4v) is 4.11. The molecule has 6 nitrogen and oxygen atoms in total. The fraction of sp³-hybridized carbons (Fsp3) is 0.111. The molecule has 2 N–H and O–H groups in total. The number of sulfonamides is 1. The first-order valence-corrected chi connectivity index (χ1v) is 11.5. The first kappa shape index (κ1) is 20.4. The molecule has 0 bridgehead atoms. The zero-order chi connectivity index (χ0) is 20.3. The number of nitrogens with one attached hydrogen (secondary N) is 2. The third-order valence-corrected chi connectivity index (χ3v) is 5.56. The number of halogens is 2. The molecule has 0 spiro atoms. The van der Waals surface area contributed by atoms with Gasteiger partial charge in [-0.3, -0.25) is 9.52 Å². The maximum atomic E-state index is 13.3. The molecular weight excluding hydrogens is 469 g/mol. The highest BCUT2D eigenvalue weighted by atomic mass is 79.9. The van der Waals surface area contributed by atoms with E-state index in [0.717, 1.165) is 11.8 Å². The quantitative estimate of drug-likeness (QED) is 0.547. The first-order valence-electron chi connectivity index (χ1n) is 7.97. The Hall–Kier alpha value is -2.30. The van der Waals surface area contributed by atoms with Crippen molar-refractivity contribution < 1.29 is 17.6 Å². The zero-order valence-electron chi connectivity index (χ0n) is 14.6. The number of carbonyl (C=O) groups is 1. The fourth-order valence-electron chi connectivity index (χ4n) is 2.39. The van der Waals surface area contributed by atoms with Gasteiger partial charge < -0.3 is 5.32 Å². The third kappa shape index (κ3) is 5.60. The van der Waals surface area contributed by atoms with Gasteiger partial charge in [0.25, 0.3) is 0 Å². The Morgan fingerprint density at radius 1 is 1.21 bits per heavy atom. The smallest absolute Gasteiger partial charge is 0.230 e. The van der Waals surface area contributed by atoms with Crippen molar-refractivity contribution in [2.24, 2.45) is 0 Å². The maximum Gasteiger partial charge on any atom is 0.230 e. The van der Waals surface area contributed by atoms with Crippen LogP contribution in [0.5, 0.6) is 0 Å². The number of hydrogen-bond donors (Lipinski definition) is 2. The molecule has 3 rings (SSSR count). The molecule has 1 amide bonds. The summed E-state index contributed by atoms with van der Waals surface area (Å²) in [5.41, 5.74) is 2.59. The number of anilines is 2. The van der Waals surface area contributed by atoms with Gasteiger partial charge in [-0.2, -0.15) is 0 Å². The van der Waals surface area contributed by atoms with Crippen LogP contribution in [0.2, 0.25) is 0 Å². The summed E-state index contributed by atoms with van der Waals surface area (Å²) in [4.78, 5) is 16.6. The van der Waals surface area contributed by atoms with Crippen LogP contribution < -0.4 is 10.0 Å². The number of aromatic nitrogens is 1. The van der Waals surface area contributed by atoms with E-state index in [9.17, 15) is 17.6 Å². The van der Waals surface area contributed by atoms with Crippen LogP contribution in [0.25, 0.3) is 11.3 Å². The van der Waals surface area contributed by atoms with Gasteiger partial charge in [0.1, 0.15) is 5.82 Å². The van der Waals surface area contributed by atoms with Crippen molar-refractivity contribution in [2.45, 2.75) is 6.42 Å². The molecular formula is C18H15BrFN3O3S2. The molecule has 0 atom stereocenters. The highest BCUT2D eigenvalue weighted by Crippen LogP contribution is 2.26. The van der Waals surface area contributed by atoms with E-state index in [0.29, 0.717) is 26.5 Å². The largest absolute Gasteiger partial charge is 0.302 e. The Morgan fingerprint density at radius 2 is 1.93 bits per heavy atom. The average Bonchev–Trinajstić information content (AvgIpc) is 3.06. The molecule has 2 aromatic carbocycles. The maximum absolute atomic E-state index is 13.3. The lowest BCUT2D eigenvalue weighted by atomic mass is 10.1. The van der Waals surface area contributed by atoms with Gasteiger partial charge in [0.05, 0.1) is 22.8 Å². The molecule has 0 fully saturated rings. The van der Waals surface area contributed by atoms with E-state index in [2.05, 4.69) is 31.0 Å². The van der Waals surface area contributed by atoms with Crippen molar-refractivity contribution in [1.82, 2.24) is 4.98 Å². The molecule has 0 radical (unpaired) electrons. The summed E-state index contributed by atoms with van der Waals surface area (Å²) in [5.74, 6) is -0.640. The zero-order valence-corrected chi connectivity index (χ0v) is 17.8. The van der Waals surface area contributed by atoms with Crippen molar-refractivity contribution >= 4 is 54.0 Å². The van der Waals surface area contributed by atoms with Gasteiger partial charge in [-0.05, 0) is 45.8 Å². The van der Waals surface area contributed by atoms with Crippen LogP contribution in [-0.4, -0.2) is 25.6 Å². The van der Waals surface area contributed by atoms with Crippen LogP contribution in [0.1, 0.15) is 5.56 Å². The molecule has 0 unspecified atom stereocenters. The second-order valence-corrected chi connectivity index (χ2v) is 9.42. The standard InChI is InChI=1S/C18H15BrFN3O3S2/c1-28(25,26)23-13-5-3-12(4-6-13)16-10-27-18(21-16)22-17(24)9-11-2-7-15(20)14(19)8-11/h2-8,10,23H,9H2,1H3,(H,21,22,24). The van der Waals surface area contributed by atoms with E-state index in [4.69, 9.17) is 0 Å². The monoisotopic (exact) mass is 483 g/mol. The number of hydrogen-bond acceptors (Lipinski definition) is 5. The van der Waals surface area contributed by atoms with E-state index < -0.39 is 10.0 Å². The van der Waals surface area contributed by atoms with Crippen molar-refractivity contribution in [3.8, 4) is 11.3 Å². The summed E-state index contributed by atoms with van der Waals surface area (Å²) in [6.07, 6.45) is 1.18. The first-order chi connectivity index (χ1) is 13.2. The van der Waals surface area contributed by atoms with E-state index >= 15 is 0 Å². The Bertz CT molecular complexity index is 1120. The number of nitrogens with zero attached hydrogens (tertiary/aromatic N) is 1. The van der Waals surface area contributed by atoms with Crippen LogP contribution >= 0.6 is 27.3 Å². The molecule has 1 heterocycles. The molecule has 146 valence electrons.